The van der Waals surface area contributed by atoms with Gasteiger partial charge in [-0.3, -0.25) is 9.80 Å². The maximum absolute atomic E-state index is 6.13. The van der Waals surface area contributed by atoms with Crippen molar-refractivity contribution in [3.63, 3.8) is 0 Å². The molecule has 3 aliphatic rings. The zero-order valence-corrected chi connectivity index (χ0v) is 26.3. The molecule has 2 unspecified atom stereocenters. The highest BCUT2D eigenvalue weighted by molar-refractivity contribution is 4.88. The van der Waals surface area contributed by atoms with Gasteiger partial charge in [0.05, 0.1) is 25.9 Å². The summed E-state index contributed by atoms with van der Waals surface area (Å²) in [6, 6.07) is 0.599. The van der Waals surface area contributed by atoms with E-state index in [1.807, 2.05) is 0 Å². The van der Waals surface area contributed by atoms with Gasteiger partial charge in [-0.25, -0.2) is 0 Å². The summed E-state index contributed by atoms with van der Waals surface area (Å²) in [5.41, 5.74) is 0.411. The van der Waals surface area contributed by atoms with Gasteiger partial charge in [0.15, 0.2) is 0 Å². The Morgan fingerprint density at radius 3 is 1.92 bits per heavy atom. The molecule has 0 bridgehead atoms. The van der Waals surface area contributed by atoms with Gasteiger partial charge in [-0.1, -0.05) is 6.92 Å². The van der Waals surface area contributed by atoms with Crippen LogP contribution in [0.5, 0.6) is 0 Å². The first-order chi connectivity index (χ1) is 18.1. The number of nitrogens with zero attached hydrogens (tertiary/aromatic N) is 3. The standard InChI is InChI=1S/C32H63N3O3/c1-8-16-34(22-29-25-37-26-29)31(4,5)15-11-18-35(23-30-12-9-19-38-30)32(6,7)14-10-17-33(27(2)3)21-28-13-20-36-24-28/h27-30H,8-26H2,1-7H3. The minimum atomic E-state index is 0.182. The summed E-state index contributed by atoms with van der Waals surface area (Å²) in [5.74, 6) is 1.44. The summed E-state index contributed by atoms with van der Waals surface area (Å²) in [7, 11) is 0. The van der Waals surface area contributed by atoms with E-state index < -0.39 is 0 Å². The SMILES string of the molecule is CCCN(CC1COC1)C(C)(C)CCCN(CC1CCCO1)C(C)(C)CCCN(CC1CCOC1)C(C)C. The molecule has 0 aromatic rings. The minimum absolute atomic E-state index is 0.182. The Morgan fingerprint density at radius 1 is 0.737 bits per heavy atom. The highest BCUT2D eigenvalue weighted by Crippen LogP contribution is 2.28. The third-order valence-electron chi connectivity index (χ3n) is 9.54. The monoisotopic (exact) mass is 537 g/mol. The van der Waals surface area contributed by atoms with Crippen LogP contribution in [-0.2, 0) is 14.2 Å². The van der Waals surface area contributed by atoms with Crippen molar-refractivity contribution in [1.29, 1.82) is 0 Å². The van der Waals surface area contributed by atoms with Crippen LogP contribution in [0.15, 0.2) is 0 Å². The average Bonchev–Trinajstić information content (AvgIpc) is 3.53. The van der Waals surface area contributed by atoms with Crippen LogP contribution in [0.25, 0.3) is 0 Å². The molecule has 3 rings (SSSR count). The Hall–Kier alpha value is -0.240. The van der Waals surface area contributed by atoms with E-state index in [1.165, 1.54) is 77.5 Å². The van der Waals surface area contributed by atoms with Gasteiger partial charge >= 0.3 is 0 Å². The molecular weight excluding hydrogens is 474 g/mol. The van der Waals surface area contributed by atoms with Crippen LogP contribution in [0.3, 0.4) is 0 Å². The molecule has 38 heavy (non-hydrogen) atoms. The lowest BCUT2D eigenvalue weighted by molar-refractivity contribution is -0.0608. The van der Waals surface area contributed by atoms with Crippen LogP contribution < -0.4 is 0 Å². The smallest absolute Gasteiger partial charge is 0.0703 e. The summed E-state index contributed by atoms with van der Waals surface area (Å²) < 4.78 is 17.3. The second-order valence-electron chi connectivity index (χ2n) is 14.1. The first-order valence-electron chi connectivity index (χ1n) is 16.1. The molecule has 0 radical (unpaired) electrons. The predicted octanol–water partition coefficient (Wildman–Crippen LogP) is 5.69. The summed E-state index contributed by atoms with van der Waals surface area (Å²) in [6.45, 7) is 28.6. The maximum Gasteiger partial charge on any atom is 0.0703 e. The van der Waals surface area contributed by atoms with E-state index in [1.54, 1.807) is 0 Å². The van der Waals surface area contributed by atoms with Crippen LogP contribution >= 0.6 is 0 Å². The highest BCUT2D eigenvalue weighted by Gasteiger charge is 2.33. The summed E-state index contributed by atoms with van der Waals surface area (Å²) in [4.78, 5) is 8.22. The summed E-state index contributed by atoms with van der Waals surface area (Å²) in [6.07, 6.45) is 10.3. The Kier molecular flexibility index (Phi) is 13.3. The Balaban J connectivity index is 1.53. The summed E-state index contributed by atoms with van der Waals surface area (Å²) >= 11 is 0. The number of rotatable bonds is 19. The molecule has 3 fully saturated rings. The topological polar surface area (TPSA) is 37.4 Å². The van der Waals surface area contributed by atoms with Crippen LogP contribution in [0.2, 0.25) is 0 Å². The van der Waals surface area contributed by atoms with Gasteiger partial charge in [0, 0.05) is 55.9 Å². The summed E-state index contributed by atoms with van der Waals surface area (Å²) in [5, 5.41) is 0. The van der Waals surface area contributed by atoms with E-state index in [9.17, 15) is 0 Å². The second-order valence-corrected chi connectivity index (χ2v) is 14.1. The molecule has 6 nitrogen and oxygen atoms in total. The fourth-order valence-electron chi connectivity index (χ4n) is 6.64. The lowest BCUT2D eigenvalue weighted by Crippen LogP contribution is -2.51. The molecular formula is C32H63N3O3. The van der Waals surface area contributed by atoms with Crippen molar-refractivity contribution in [2.75, 3.05) is 72.3 Å². The molecule has 3 aliphatic heterocycles. The van der Waals surface area contributed by atoms with Crippen LogP contribution in [0.4, 0.5) is 0 Å². The predicted molar refractivity (Wildman–Crippen MR) is 159 cm³/mol. The van der Waals surface area contributed by atoms with E-state index >= 15 is 0 Å². The van der Waals surface area contributed by atoms with Crippen LogP contribution in [-0.4, -0.2) is 110 Å². The molecule has 3 heterocycles. The second kappa shape index (κ2) is 15.7. The fraction of sp³-hybridized carbons (Fsp3) is 1.00. The van der Waals surface area contributed by atoms with E-state index in [2.05, 4.69) is 63.2 Å². The average molecular weight is 538 g/mol. The molecule has 0 amide bonds. The van der Waals surface area contributed by atoms with Gasteiger partial charge in [0.1, 0.15) is 0 Å². The van der Waals surface area contributed by atoms with Gasteiger partial charge in [-0.05, 0) is 118 Å². The third kappa shape index (κ3) is 10.3. The van der Waals surface area contributed by atoms with Gasteiger partial charge in [0.2, 0.25) is 0 Å². The molecule has 2 atom stereocenters. The third-order valence-corrected chi connectivity index (χ3v) is 9.54. The Morgan fingerprint density at radius 2 is 1.39 bits per heavy atom. The van der Waals surface area contributed by atoms with Crippen molar-refractivity contribution >= 4 is 0 Å². The van der Waals surface area contributed by atoms with Crippen LogP contribution in [0, 0.1) is 11.8 Å². The van der Waals surface area contributed by atoms with Gasteiger partial charge in [-0.2, -0.15) is 0 Å². The zero-order chi connectivity index (χ0) is 27.6. The van der Waals surface area contributed by atoms with Crippen molar-refractivity contribution in [1.82, 2.24) is 14.7 Å². The number of ether oxygens (including phenoxy) is 3. The fourth-order valence-corrected chi connectivity index (χ4v) is 6.64. The van der Waals surface area contributed by atoms with Crippen molar-refractivity contribution in [3.8, 4) is 0 Å². The van der Waals surface area contributed by atoms with Crippen molar-refractivity contribution in [2.24, 2.45) is 11.8 Å². The molecule has 0 N–H and O–H groups in total. The van der Waals surface area contributed by atoms with Crippen LogP contribution in [0.1, 0.15) is 99.8 Å². The first kappa shape index (κ1) is 32.3. The quantitative estimate of drug-likeness (QED) is 0.211. The molecule has 3 saturated heterocycles. The first-order valence-corrected chi connectivity index (χ1v) is 16.1. The lowest BCUT2D eigenvalue weighted by atomic mass is 9.91. The molecule has 0 aromatic heterocycles. The Bertz CT molecular complexity index is 640. The molecule has 6 heteroatoms. The molecule has 0 aliphatic carbocycles. The number of hydrogen-bond acceptors (Lipinski definition) is 6. The largest absolute Gasteiger partial charge is 0.381 e. The van der Waals surface area contributed by atoms with E-state index in [4.69, 9.17) is 14.2 Å². The van der Waals surface area contributed by atoms with E-state index in [-0.39, 0.29) is 11.1 Å². The molecule has 0 aromatic carbocycles. The van der Waals surface area contributed by atoms with Crippen molar-refractivity contribution < 1.29 is 14.2 Å². The van der Waals surface area contributed by atoms with Crippen molar-refractivity contribution in [3.05, 3.63) is 0 Å². The lowest BCUT2D eigenvalue weighted by Gasteiger charge is -2.44. The Labute approximate surface area is 236 Å². The van der Waals surface area contributed by atoms with Crippen molar-refractivity contribution in [2.45, 2.75) is 123 Å². The molecule has 0 spiro atoms. The number of hydrogen-bond donors (Lipinski definition) is 0. The molecule has 224 valence electrons. The normalized spacial score (nSPS) is 23.4. The highest BCUT2D eigenvalue weighted by atomic mass is 16.5. The zero-order valence-electron chi connectivity index (χ0n) is 26.3. The van der Waals surface area contributed by atoms with E-state index in [0.717, 1.165) is 52.0 Å². The molecule has 0 saturated carbocycles. The minimum Gasteiger partial charge on any atom is -0.381 e. The van der Waals surface area contributed by atoms with Gasteiger partial charge in [0.25, 0.3) is 0 Å². The maximum atomic E-state index is 6.13. The van der Waals surface area contributed by atoms with Gasteiger partial charge < -0.3 is 19.1 Å². The van der Waals surface area contributed by atoms with Gasteiger partial charge in [-0.15, -0.1) is 0 Å². The van der Waals surface area contributed by atoms with E-state index in [0.29, 0.717) is 18.1 Å².